The lowest BCUT2D eigenvalue weighted by Crippen LogP contribution is -2.59. The number of fused-ring (bicyclic) bond motifs is 3. The fourth-order valence-corrected chi connectivity index (χ4v) is 9.32. The molecule has 4 aromatic rings. The minimum Gasteiger partial charge on any atom is -0.508 e. The molecule has 4 aliphatic rings. The zero-order chi connectivity index (χ0) is 35.5. The van der Waals surface area contributed by atoms with Gasteiger partial charge < -0.3 is 29.3 Å². The van der Waals surface area contributed by atoms with Crippen molar-refractivity contribution >= 4 is 27.5 Å². The normalized spacial score (nSPS) is 28.5. The number of phenols is 1. The maximum atomic E-state index is 17.1. The zero-order valence-electron chi connectivity index (χ0n) is 29.6. The number of ether oxygens (including phenoxy) is 3. The molecule has 3 atom stereocenters. The lowest BCUT2D eigenvalue weighted by atomic mass is 9.73. The number of halogens is 2. The summed E-state index contributed by atoms with van der Waals surface area (Å²) in [5.74, 6) is -0.824. The first-order valence-corrected chi connectivity index (χ1v) is 18.4. The Morgan fingerprint density at radius 1 is 1.10 bits per heavy atom. The topological polar surface area (TPSA) is 113 Å². The van der Waals surface area contributed by atoms with Crippen LogP contribution in [0.2, 0.25) is 0 Å². The van der Waals surface area contributed by atoms with Crippen molar-refractivity contribution < 1.29 is 33.2 Å². The van der Waals surface area contributed by atoms with Crippen molar-refractivity contribution in [1.29, 1.82) is 0 Å². The Morgan fingerprint density at radius 2 is 1.92 bits per heavy atom. The van der Waals surface area contributed by atoms with Gasteiger partial charge in [0.15, 0.2) is 5.82 Å². The smallest absolute Gasteiger partial charge is 0.319 e. The Morgan fingerprint density at radius 3 is 2.73 bits per heavy atom. The number of benzene rings is 2. The van der Waals surface area contributed by atoms with Crippen LogP contribution in [0, 0.1) is 17.0 Å². The van der Waals surface area contributed by atoms with Gasteiger partial charge in [-0.1, -0.05) is 19.4 Å². The molecule has 10 nitrogen and oxygen atoms in total. The molecule has 2 N–H and O–H groups in total. The first kappa shape index (κ1) is 34.4. The van der Waals surface area contributed by atoms with Gasteiger partial charge in [0, 0.05) is 42.9 Å². The van der Waals surface area contributed by atoms with E-state index in [0.717, 1.165) is 51.5 Å². The Kier molecular flexibility index (Phi) is 9.01. The number of anilines is 1. The van der Waals surface area contributed by atoms with E-state index in [1.165, 1.54) is 18.3 Å². The lowest BCUT2D eigenvalue weighted by molar-refractivity contribution is -0.0845. The van der Waals surface area contributed by atoms with E-state index in [9.17, 15) is 10.2 Å². The lowest BCUT2D eigenvalue weighted by Gasteiger charge is -2.53. The Bertz CT molecular complexity index is 1960. The molecule has 8 rings (SSSR count). The van der Waals surface area contributed by atoms with E-state index in [2.05, 4.69) is 9.88 Å². The first-order chi connectivity index (χ1) is 24.6. The van der Waals surface area contributed by atoms with Crippen molar-refractivity contribution in [3.8, 4) is 23.0 Å². The highest BCUT2D eigenvalue weighted by Gasteiger charge is 2.51. The van der Waals surface area contributed by atoms with Crippen molar-refractivity contribution in [2.24, 2.45) is 5.41 Å². The molecule has 272 valence electrons. The van der Waals surface area contributed by atoms with Gasteiger partial charge in [0.25, 0.3) is 0 Å². The largest absolute Gasteiger partial charge is 0.508 e. The Balaban J connectivity index is 1.21. The van der Waals surface area contributed by atoms with Gasteiger partial charge in [-0.3, -0.25) is 9.88 Å². The number of aromatic hydroxyl groups is 1. The number of aliphatic hydroxyl groups is 1. The quantitative estimate of drug-likeness (QED) is 0.221. The zero-order valence-corrected chi connectivity index (χ0v) is 29.6. The molecule has 2 aromatic carbocycles. The third-order valence-corrected chi connectivity index (χ3v) is 11.9. The number of aryl methyl sites for hydroxylation is 1. The standard InChI is InChI=1S/C39H47F2N5O5/c1-4-27-30(40)9-8-23-15-25(47)18-28(32(23)27)34-33(41)35-29(19-42-34)36(45-13-14-50-21-38(2,48)20-45)44-37(43-35)51-22-39-10-5-7-31(39)46(12-6-11-39)24-16-26(17-24)49-3/h8-9,15,18-19,24,26,31,47-48H,4-7,10-14,16-17,20-22H2,1-3H3/t24?,26?,31-,38+,39-/m1/s1. The summed E-state index contributed by atoms with van der Waals surface area (Å²) in [4.78, 5) is 18.7. The van der Waals surface area contributed by atoms with Crippen LogP contribution in [0.1, 0.15) is 64.4 Å². The number of nitrogens with zero attached hydrogens (tertiary/aromatic N) is 5. The molecule has 0 radical (unpaired) electrons. The van der Waals surface area contributed by atoms with Crippen LogP contribution in [-0.2, 0) is 15.9 Å². The van der Waals surface area contributed by atoms with Gasteiger partial charge in [0.05, 0.1) is 37.9 Å². The molecule has 2 aliphatic heterocycles. The maximum Gasteiger partial charge on any atom is 0.319 e. The number of rotatable bonds is 8. The fourth-order valence-electron chi connectivity index (χ4n) is 9.32. The highest BCUT2D eigenvalue weighted by atomic mass is 19.1. The molecule has 4 fully saturated rings. The highest BCUT2D eigenvalue weighted by Crippen LogP contribution is 2.50. The molecule has 2 aliphatic carbocycles. The van der Waals surface area contributed by atoms with E-state index in [0.29, 0.717) is 71.9 Å². The van der Waals surface area contributed by atoms with Crippen LogP contribution >= 0.6 is 0 Å². The van der Waals surface area contributed by atoms with Crippen molar-refractivity contribution in [3.05, 3.63) is 47.7 Å². The summed E-state index contributed by atoms with van der Waals surface area (Å²) < 4.78 is 50.0. The summed E-state index contributed by atoms with van der Waals surface area (Å²) in [6.07, 6.45) is 9.75. The average molecular weight is 704 g/mol. The van der Waals surface area contributed by atoms with Crippen LogP contribution in [0.4, 0.5) is 14.6 Å². The van der Waals surface area contributed by atoms with Crippen LogP contribution < -0.4 is 9.64 Å². The number of hydrogen-bond acceptors (Lipinski definition) is 10. The SMILES string of the molecule is CCc1c(F)ccc2cc(O)cc(-c3ncc4c(N5CCOC[C@@](C)(O)C5)nc(OC[C@]56CCC[C@H]5N(C5CC(OC)C5)CCC6)nc4c3F)c12. The molecular formula is C39H47F2N5O5. The molecule has 2 saturated heterocycles. The predicted molar refractivity (Wildman–Crippen MR) is 190 cm³/mol. The third kappa shape index (κ3) is 6.17. The van der Waals surface area contributed by atoms with E-state index in [-0.39, 0.29) is 47.1 Å². The van der Waals surface area contributed by atoms with E-state index in [1.54, 1.807) is 26.2 Å². The third-order valence-electron chi connectivity index (χ3n) is 11.9. The van der Waals surface area contributed by atoms with Crippen molar-refractivity contribution in [2.45, 2.75) is 89.0 Å². The predicted octanol–water partition coefficient (Wildman–Crippen LogP) is 6.17. The average Bonchev–Trinajstić information content (AvgIpc) is 3.44. The number of aromatic nitrogens is 3. The Hall–Kier alpha value is -3.71. The molecule has 0 amide bonds. The van der Waals surface area contributed by atoms with Gasteiger partial charge in [-0.25, -0.2) is 8.78 Å². The first-order valence-electron chi connectivity index (χ1n) is 18.4. The maximum absolute atomic E-state index is 17.1. The molecule has 2 saturated carbocycles. The van der Waals surface area contributed by atoms with Crippen molar-refractivity contribution in [2.75, 3.05) is 51.5 Å². The van der Waals surface area contributed by atoms with Crippen LogP contribution in [0.3, 0.4) is 0 Å². The summed E-state index contributed by atoms with van der Waals surface area (Å²) in [6.45, 7) is 6.13. The molecule has 2 aromatic heterocycles. The second-order valence-corrected chi connectivity index (χ2v) is 15.3. The van der Waals surface area contributed by atoms with Crippen LogP contribution in [-0.4, -0.2) is 100 Å². The summed E-state index contributed by atoms with van der Waals surface area (Å²) in [5, 5.41) is 23.2. The second-order valence-electron chi connectivity index (χ2n) is 15.3. The van der Waals surface area contributed by atoms with Gasteiger partial charge in [0.1, 0.15) is 34.2 Å². The summed E-state index contributed by atoms with van der Waals surface area (Å²) in [7, 11) is 1.79. The van der Waals surface area contributed by atoms with Crippen LogP contribution in [0.25, 0.3) is 32.9 Å². The van der Waals surface area contributed by atoms with Gasteiger partial charge in [-0.15, -0.1) is 0 Å². The number of likely N-dealkylation sites (tertiary alicyclic amines) is 1. The van der Waals surface area contributed by atoms with Gasteiger partial charge >= 0.3 is 6.01 Å². The monoisotopic (exact) mass is 703 g/mol. The number of piperidine rings is 1. The minimum absolute atomic E-state index is 0.00145. The Labute approximate surface area is 296 Å². The van der Waals surface area contributed by atoms with E-state index >= 15 is 8.78 Å². The summed E-state index contributed by atoms with van der Waals surface area (Å²) in [5.41, 5.74) is -0.602. The van der Waals surface area contributed by atoms with E-state index < -0.39 is 17.2 Å². The second kappa shape index (κ2) is 13.4. The van der Waals surface area contributed by atoms with Crippen molar-refractivity contribution in [1.82, 2.24) is 19.9 Å². The molecule has 4 heterocycles. The number of phenolic OH excluding ortho intramolecular Hbond substituents is 1. The van der Waals surface area contributed by atoms with Crippen molar-refractivity contribution in [3.63, 3.8) is 0 Å². The summed E-state index contributed by atoms with van der Waals surface area (Å²) >= 11 is 0. The van der Waals surface area contributed by atoms with Crippen LogP contribution in [0.15, 0.2) is 30.5 Å². The minimum atomic E-state index is -1.17. The van der Waals surface area contributed by atoms with E-state index in [4.69, 9.17) is 24.2 Å². The fraction of sp³-hybridized carbons (Fsp3) is 0.564. The molecular weight excluding hydrogens is 656 g/mol. The van der Waals surface area contributed by atoms with Gasteiger partial charge in [-0.05, 0) is 92.9 Å². The molecule has 0 bridgehead atoms. The molecule has 0 unspecified atom stereocenters. The number of β-amino-alcohol motifs (C(OH)–C–C–N with tert-alkyl or cyclic N) is 1. The number of hydrogen-bond donors (Lipinski definition) is 2. The highest BCUT2D eigenvalue weighted by molar-refractivity contribution is 6.01. The van der Waals surface area contributed by atoms with E-state index in [1.807, 2.05) is 11.8 Å². The van der Waals surface area contributed by atoms with Gasteiger partial charge in [0.2, 0.25) is 0 Å². The number of methoxy groups -OCH3 is 1. The molecule has 51 heavy (non-hydrogen) atoms. The van der Waals surface area contributed by atoms with Crippen LogP contribution in [0.5, 0.6) is 11.8 Å². The number of pyridine rings is 1. The molecule has 12 heteroatoms. The molecule has 0 spiro atoms. The van der Waals surface area contributed by atoms with Gasteiger partial charge in [-0.2, -0.15) is 9.97 Å². The summed E-state index contributed by atoms with van der Waals surface area (Å²) in [6, 6.07) is 6.88.